The molecule has 1 aromatic carbocycles. The van der Waals surface area contributed by atoms with Gasteiger partial charge in [0.25, 0.3) is 0 Å². The molecule has 0 aliphatic heterocycles. The van der Waals surface area contributed by atoms with Crippen LogP contribution in [0.1, 0.15) is 18.4 Å². The molecule has 4 heteroatoms. The summed E-state index contributed by atoms with van der Waals surface area (Å²) in [4.78, 5) is 11.7. The maximum absolute atomic E-state index is 11.7. The van der Waals surface area contributed by atoms with Gasteiger partial charge in [0.2, 0.25) is 5.91 Å². The third kappa shape index (κ3) is 2.90. The molecule has 1 amide bonds. The Hall–Kier alpha value is -1.81. The normalized spacial score (nSPS) is 15.8. The van der Waals surface area contributed by atoms with Crippen molar-refractivity contribution in [2.75, 3.05) is 6.61 Å². The molecule has 0 atom stereocenters. The molecule has 3 N–H and O–H groups in total. The first-order valence-electron chi connectivity index (χ1n) is 6.04. The van der Waals surface area contributed by atoms with Crippen LogP contribution in [0.15, 0.2) is 36.9 Å². The number of hydrogen-bond donors (Lipinski definition) is 2. The van der Waals surface area contributed by atoms with Gasteiger partial charge in [-0.15, -0.1) is 0 Å². The Balaban J connectivity index is 1.95. The highest BCUT2D eigenvalue weighted by atomic mass is 16.5. The van der Waals surface area contributed by atoms with Crippen LogP contribution in [0.5, 0.6) is 5.75 Å². The lowest BCUT2D eigenvalue weighted by Gasteiger charge is -2.13. The fourth-order valence-electron chi connectivity index (χ4n) is 1.65. The molecule has 0 heterocycles. The second-order valence-corrected chi connectivity index (χ2v) is 4.55. The van der Waals surface area contributed by atoms with E-state index in [-0.39, 0.29) is 5.91 Å². The highest BCUT2D eigenvalue weighted by Crippen LogP contribution is 2.32. The van der Waals surface area contributed by atoms with Crippen molar-refractivity contribution in [3.8, 4) is 5.75 Å². The van der Waals surface area contributed by atoms with Crippen molar-refractivity contribution in [3.05, 3.63) is 42.5 Å². The van der Waals surface area contributed by atoms with E-state index in [0.717, 1.165) is 24.2 Å². The topological polar surface area (TPSA) is 64.3 Å². The van der Waals surface area contributed by atoms with Crippen molar-refractivity contribution in [1.29, 1.82) is 0 Å². The van der Waals surface area contributed by atoms with Gasteiger partial charge in [-0.1, -0.05) is 30.9 Å². The van der Waals surface area contributed by atoms with E-state index in [4.69, 9.17) is 10.5 Å². The molecule has 96 valence electrons. The predicted molar refractivity (Wildman–Crippen MR) is 70.1 cm³/mol. The summed E-state index contributed by atoms with van der Waals surface area (Å²) in [5, 5.41) is 2.85. The Morgan fingerprint density at radius 2 is 2.22 bits per heavy atom. The number of nitrogens with two attached hydrogens (primary N) is 1. The number of amides is 1. The number of carbonyl (C=O) groups is 1. The molecule has 0 bridgehead atoms. The van der Waals surface area contributed by atoms with Crippen molar-refractivity contribution < 1.29 is 9.53 Å². The maximum Gasteiger partial charge on any atom is 0.240 e. The van der Waals surface area contributed by atoms with E-state index in [1.54, 1.807) is 6.08 Å². The average molecular weight is 246 g/mol. The number of hydrogen-bond acceptors (Lipinski definition) is 3. The van der Waals surface area contributed by atoms with Gasteiger partial charge >= 0.3 is 0 Å². The molecule has 0 radical (unpaired) electrons. The summed E-state index contributed by atoms with van der Waals surface area (Å²) < 4.78 is 5.52. The molecule has 0 spiro atoms. The van der Waals surface area contributed by atoms with E-state index in [1.165, 1.54) is 0 Å². The first-order chi connectivity index (χ1) is 8.65. The standard InChI is InChI=1S/C14H18N2O2/c1-2-9-18-12-6-4-3-5-11(12)10-16-13(17)14(15)7-8-14/h2-6H,1,7-10,15H2,(H,16,17). The van der Waals surface area contributed by atoms with Gasteiger partial charge in [-0.3, -0.25) is 4.79 Å². The van der Waals surface area contributed by atoms with Crippen molar-refractivity contribution in [2.45, 2.75) is 24.9 Å². The molecule has 2 rings (SSSR count). The Kier molecular flexibility index (Phi) is 3.67. The summed E-state index contributed by atoms with van der Waals surface area (Å²) in [6.07, 6.45) is 3.23. The largest absolute Gasteiger partial charge is 0.489 e. The maximum atomic E-state index is 11.7. The second kappa shape index (κ2) is 5.23. The highest BCUT2D eigenvalue weighted by Gasteiger charge is 2.45. The molecular formula is C14H18N2O2. The molecule has 0 unspecified atom stereocenters. The summed E-state index contributed by atoms with van der Waals surface area (Å²) in [6.45, 7) is 4.49. The van der Waals surface area contributed by atoms with E-state index >= 15 is 0 Å². The number of benzene rings is 1. The van der Waals surface area contributed by atoms with Gasteiger partial charge in [0.05, 0.1) is 5.54 Å². The summed E-state index contributed by atoms with van der Waals surface area (Å²) in [5.41, 5.74) is 6.13. The fraction of sp³-hybridized carbons (Fsp3) is 0.357. The van der Waals surface area contributed by atoms with E-state index < -0.39 is 5.54 Å². The van der Waals surface area contributed by atoms with Crippen LogP contribution in [0.25, 0.3) is 0 Å². The van der Waals surface area contributed by atoms with Crippen molar-refractivity contribution >= 4 is 5.91 Å². The van der Waals surface area contributed by atoms with Gasteiger partial charge in [0, 0.05) is 12.1 Å². The van der Waals surface area contributed by atoms with Gasteiger partial charge in [0.1, 0.15) is 12.4 Å². The first kappa shape index (κ1) is 12.6. The molecule has 1 saturated carbocycles. The minimum Gasteiger partial charge on any atom is -0.489 e. The number of nitrogens with one attached hydrogen (secondary N) is 1. The fourth-order valence-corrected chi connectivity index (χ4v) is 1.65. The molecule has 0 aromatic heterocycles. The van der Waals surface area contributed by atoms with Gasteiger partial charge in [-0.25, -0.2) is 0 Å². The van der Waals surface area contributed by atoms with Gasteiger partial charge in [0.15, 0.2) is 0 Å². The monoisotopic (exact) mass is 246 g/mol. The van der Waals surface area contributed by atoms with Crippen molar-refractivity contribution in [3.63, 3.8) is 0 Å². The molecule has 1 aliphatic rings. The zero-order valence-corrected chi connectivity index (χ0v) is 10.3. The van der Waals surface area contributed by atoms with Gasteiger partial charge in [-0.2, -0.15) is 0 Å². The lowest BCUT2D eigenvalue weighted by Crippen LogP contribution is -2.42. The summed E-state index contributed by atoms with van der Waals surface area (Å²) in [7, 11) is 0. The minimum absolute atomic E-state index is 0.0824. The Labute approximate surface area is 107 Å². The van der Waals surface area contributed by atoms with Crippen molar-refractivity contribution in [1.82, 2.24) is 5.32 Å². The number of para-hydroxylation sites is 1. The van der Waals surface area contributed by atoms with Crippen LogP contribution >= 0.6 is 0 Å². The molecule has 1 aromatic rings. The van der Waals surface area contributed by atoms with E-state index in [2.05, 4.69) is 11.9 Å². The summed E-state index contributed by atoms with van der Waals surface area (Å²) in [6, 6.07) is 7.61. The Morgan fingerprint density at radius 1 is 1.50 bits per heavy atom. The third-order valence-corrected chi connectivity index (χ3v) is 3.01. The van der Waals surface area contributed by atoms with Crippen LogP contribution in [-0.2, 0) is 11.3 Å². The highest BCUT2D eigenvalue weighted by molar-refractivity contribution is 5.88. The lowest BCUT2D eigenvalue weighted by molar-refractivity contribution is -0.123. The molecule has 0 saturated heterocycles. The number of carbonyl (C=O) groups excluding carboxylic acids is 1. The zero-order valence-electron chi connectivity index (χ0n) is 10.3. The summed E-state index contributed by atoms with van der Waals surface area (Å²) >= 11 is 0. The SMILES string of the molecule is C=CCOc1ccccc1CNC(=O)C1(N)CC1. The Morgan fingerprint density at radius 3 is 2.89 bits per heavy atom. The predicted octanol–water partition coefficient (Wildman–Crippen LogP) is 1.36. The van der Waals surface area contributed by atoms with Crippen LogP contribution < -0.4 is 15.8 Å². The van der Waals surface area contributed by atoms with Crippen LogP contribution in [0, 0.1) is 0 Å². The number of ether oxygens (including phenoxy) is 1. The molecular weight excluding hydrogens is 228 g/mol. The first-order valence-corrected chi connectivity index (χ1v) is 6.04. The molecule has 1 aliphatic carbocycles. The van der Waals surface area contributed by atoms with Gasteiger partial charge < -0.3 is 15.8 Å². The Bertz CT molecular complexity index is 453. The van der Waals surface area contributed by atoms with Crippen LogP contribution in [0.2, 0.25) is 0 Å². The quantitative estimate of drug-likeness (QED) is 0.745. The molecule has 4 nitrogen and oxygen atoms in total. The second-order valence-electron chi connectivity index (χ2n) is 4.55. The zero-order chi connectivity index (χ0) is 13.0. The number of rotatable bonds is 6. The van der Waals surface area contributed by atoms with E-state index in [0.29, 0.717) is 13.2 Å². The minimum atomic E-state index is -0.628. The van der Waals surface area contributed by atoms with Crippen molar-refractivity contribution in [2.24, 2.45) is 5.73 Å². The third-order valence-electron chi connectivity index (χ3n) is 3.01. The van der Waals surface area contributed by atoms with E-state index in [9.17, 15) is 4.79 Å². The van der Waals surface area contributed by atoms with Crippen LogP contribution in [0.3, 0.4) is 0 Å². The molecule has 1 fully saturated rings. The smallest absolute Gasteiger partial charge is 0.240 e. The lowest BCUT2D eigenvalue weighted by atomic mass is 10.2. The summed E-state index contributed by atoms with van der Waals surface area (Å²) in [5.74, 6) is 0.681. The van der Waals surface area contributed by atoms with Crippen LogP contribution in [0.4, 0.5) is 0 Å². The van der Waals surface area contributed by atoms with E-state index in [1.807, 2.05) is 24.3 Å². The average Bonchev–Trinajstić information content (AvgIpc) is 3.14. The molecule has 18 heavy (non-hydrogen) atoms. The van der Waals surface area contributed by atoms with Gasteiger partial charge in [-0.05, 0) is 18.9 Å². The van der Waals surface area contributed by atoms with Crippen LogP contribution in [-0.4, -0.2) is 18.1 Å².